The van der Waals surface area contributed by atoms with Gasteiger partial charge in [0.15, 0.2) is 0 Å². The van der Waals surface area contributed by atoms with Crippen molar-refractivity contribution in [3.05, 3.63) is 53.7 Å². The van der Waals surface area contributed by atoms with Gasteiger partial charge in [-0.05, 0) is 0 Å². The summed E-state index contributed by atoms with van der Waals surface area (Å²) >= 11 is -0.941. The molecule has 7 rings (SSSR count). The molecule has 0 saturated carbocycles. The van der Waals surface area contributed by atoms with Crippen LogP contribution >= 0.6 is 0 Å². The van der Waals surface area contributed by atoms with Crippen LogP contribution in [0.4, 0.5) is 26.2 Å². The summed E-state index contributed by atoms with van der Waals surface area (Å²) in [6.45, 7) is 2.70. The van der Waals surface area contributed by atoms with Crippen molar-refractivity contribution in [1.29, 1.82) is 0 Å². The van der Waals surface area contributed by atoms with Gasteiger partial charge in [0.2, 0.25) is 0 Å². The fourth-order valence-corrected chi connectivity index (χ4v) is 7.97. The zero-order chi connectivity index (χ0) is 25.5. The Labute approximate surface area is 223 Å². The average Bonchev–Trinajstić information content (AvgIpc) is 3.29. The number of pyridine rings is 1. The predicted molar refractivity (Wildman–Crippen MR) is 134 cm³/mol. The first-order chi connectivity index (χ1) is 18.0. The Balaban J connectivity index is 1.54. The molecule has 2 amide bonds. The van der Waals surface area contributed by atoms with Crippen LogP contribution in [0.25, 0.3) is 11.3 Å². The second-order valence-corrected chi connectivity index (χ2v) is 12.4. The topological polar surface area (TPSA) is 111 Å². The zero-order valence-corrected chi connectivity index (χ0v) is 22.4. The number of carbonyl (C=O) groups excluding carboxylic acids is 2. The molecule has 0 radical (unpaired) electrons. The van der Waals surface area contributed by atoms with E-state index < -0.39 is 27.0 Å². The van der Waals surface area contributed by atoms with Gasteiger partial charge in [0.1, 0.15) is 0 Å². The third-order valence-electron chi connectivity index (χ3n) is 7.20. The van der Waals surface area contributed by atoms with Crippen LogP contribution in [-0.2, 0) is 0 Å². The third-order valence-corrected chi connectivity index (χ3v) is 10.2. The van der Waals surface area contributed by atoms with Gasteiger partial charge in [-0.2, -0.15) is 0 Å². The molecule has 1 fully saturated rings. The minimum atomic E-state index is -0.941. The van der Waals surface area contributed by atoms with Gasteiger partial charge in [-0.3, -0.25) is 0 Å². The zero-order valence-electron chi connectivity index (χ0n) is 20.2. The van der Waals surface area contributed by atoms with E-state index in [0.717, 1.165) is 49.4 Å². The molecular weight excluding hydrogens is 590 g/mol. The number of ether oxygens (including phenoxy) is 1. The van der Waals surface area contributed by atoms with Crippen LogP contribution in [0.2, 0.25) is 0 Å². The van der Waals surface area contributed by atoms with Crippen molar-refractivity contribution in [3.8, 4) is 17.0 Å². The van der Waals surface area contributed by atoms with Crippen molar-refractivity contribution in [3.63, 3.8) is 0 Å². The van der Waals surface area contributed by atoms with Gasteiger partial charge < -0.3 is 0 Å². The maximum atomic E-state index is 14.5. The first-order valence-electron chi connectivity index (χ1n) is 12.3. The minimum absolute atomic E-state index is 0.0575. The van der Waals surface area contributed by atoms with E-state index in [4.69, 9.17) is 4.74 Å². The number of fused-ring (bicyclic) bond motifs is 4. The predicted octanol–water partition coefficient (Wildman–Crippen LogP) is 1.10. The van der Waals surface area contributed by atoms with Gasteiger partial charge in [-0.25, -0.2) is 0 Å². The standard InChI is InChI=1S/C26H27FIN6O3/c1-37-24-16(27)3-2-4-18(24)32-23-20-22-17(12-31-25(20)35)28-26(36)34-9-6-14(7-10-34)11-30-19-13-29-8-5-15(19)21(23)33-22/h2-5,8,13-14,17,30,32-33H,6-7,9-12H2,1H3,(H,31,35)/q-1/t17-/m1/s1. The molecule has 1 aromatic carbocycles. The number of aromatic nitrogens is 2. The van der Waals surface area contributed by atoms with Crippen molar-refractivity contribution in [2.75, 3.05) is 43.9 Å². The van der Waals surface area contributed by atoms with Crippen molar-refractivity contribution in [2.45, 2.75) is 16.8 Å². The Hall–Kier alpha value is -3.35. The van der Waals surface area contributed by atoms with E-state index in [1.165, 1.54) is 13.2 Å². The number of para-hydroxylation sites is 1. The summed E-state index contributed by atoms with van der Waals surface area (Å²) in [5, 5.41) is 9.84. The van der Waals surface area contributed by atoms with E-state index in [1.54, 1.807) is 24.5 Å². The number of nitrogens with one attached hydrogen (secondary N) is 4. The SMILES string of the molecule is COc1c(F)cccc1Nc1c2[nH]c3c1C(=O)NC[C@H]3[I-]C(=O)N1CCC(CC1)CNc1cnccc1-2. The molecule has 194 valence electrons. The Morgan fingerprint density at radius 3 is 2.81 bits per heavy atom. The summed E-state index contributed by atoms with van der Waals surface area (Å²) in [7, 11) is 1.41. The van der Waals surface area contributed by atoms with Crippen LogP contribution in [0.5, 0.6) is 5.75 Å². The average molecular weight is 617 g/mol. The summed E-state index contributed by atoms with van der Waals surface area (Å²) in [5.74, 6) is -0.234. The molecule has 1 saturated heterocycles. The monoisotopic (exact) mass is 617 g/mol. The molecule has 6 heterocycles. The first-order valence-corrected chi connectivity index (χ1v) is 14.6. The summed E-state index contributed by atoms with van der Waals surface area (Å²) in [5.41, 5.74) is 4.48. The molecule has 4 aliphatic rings. The number of rotatable bonds is 3. The number of halogens is 2. The number of H-pyrrole nitrogens is 1. The first kappa shape index (κ1) is 24.0. The molecule has 4 aliphatic heterocycles. The van der Waals surface area contributed by atoms with E-state index >= 15 is 0 Å². The molecule has 2 aromatic heterocycles. The molecule has 3 aromatic rings. The quantitative estimate of drug-likeness (QED) is 0.152. The molecular formula is C26H27FIN6O3-. The number of methoxy groups -OCH3 is 1. The molecule has 0 aliphatic carbocycles. The number of alkyl halides is 1. The van der Waals surface area contributed by atoms with Gasteiger partial charge >= 0.3 is 224 Å². The van der Waals surface area contributed by atoms with Crippen LogP contribution in [0.15, 0.2) is 36.7 Å². The Morgan fingerprint density at radius 2 is 2.00 bits per heavy atom. The number of nitrogens with zero attached hydrogens (tertiary/aromatic N) is 2. The Morgan fingerprint density at radius 1 is 1.16 bits per heavy atom. The number of hydrogen-bond donors (Lipinski definition) is 4. The molecule has 37 heavy (non-hydrogen) atoms. The van der Waals surface area contributed by atoms with E-state index in [2.05, 4.69) is 25.9 Å². The fraction of sp³-hybridized carbons (Fsp3) is 0.346. The third kappa shape index (κ3) is 4.38. The summed E-state index contributed by atoms with van der Waals surface area (Å²) in [6, 6.07) is 6.52. The van der Waals surface area contributed by atoms with E-state index in [0.29, 0.717) is 35.1 Å². The van der Waals surface area contributed by atoms with Gasteiger partial charge in [0.05, 0.1) is 0 Å². The second kappa shape index (κ2) is 9.84. The number of hydrogen-bond acceptors (Lipinski definition) is 6. The number of carbonyl (C=O) groups is 2. The summed E-state index contributed by atoms with van der Waals surface area (Å²) in [4.78, 5) is 36.4. The van der Waals surface area contributed by atoms with Gasteiger partial charge in [0.25, 0.3) is 0 Å². The van der Waals surface area contributed by atoms with Gasteiger partial charge in [-0.15, -0.1) is 0 Å². The van der Waals surface area contributed by atoms with E-state index in [9.17, 15) is 14.0 Å². The van der Waals surface area contributed by atoms with Crippen molar-refractivity contribution >= 4 is 26.9 Å². The fourth-order valence-electron chi connectivity index (χ4n) is 5.23. The van der Waals surface area contributed by atoms with E-state index in [-0.39, 0.29) is 19.5 Å². The van der Waals surface area contributed by atoms with E-state index in [1.807, 2.05) is 11.0 Å². The van der Waals surface area contributed by atoms with Gasteiger partial charge in [0, 0.05) is 0 Å². The molecule has 0 spiro atoms. The molecule has 11 heteroatoms. The Bertz CT molecular complexity index is 1370. The maximum absolute atomic E-state index is 14.5. The molecule has 4 N–H and O–H groups in total. The molecule has 4 bridgehead atoms. The van der Waals surface area contributed by atoms with Crippen molar-refractivity contribution < 1.29 is 39.9 Å². The van der Waals surface area contributed by atoms with Crippen LogP contribution in [0, 0.1) is 11.7 Å². The van der Waals surface area contributed by atoms with Crippen LogP contribution in [-0.4, -0.2) is 58.0 Å². The van der Waals surface area contributed by atoms with Gasteiger partial charge in [-0.1, -0.05) is 0 Å². The number of aromatic amines is 1. The van der Waals surface area contributed by atoms with Crippen LogP contribution in [0.1, 0.15) is 32.8 Å². The van der Waals surface area contributed by atoms with Crippen LogP contribution in [0.3, 0.4) is 0 Å². The number of anilines is 3. The Kier molecular flexibility index (Phi) is 6.39. The molecule has 0 unspecified atom stereocenters. The molecule has 1 atom stereocenters. The summed E-state index contributed by atoms with van der Waals surface area (Å²) in [6.07, 6.45) is 5.42. The van der Waals surface area contributed by atoms with Crippen molar-refractivity contribution in [1.82, 2.24) is 20.2 Å². The van der Waals surface area contributed by atoms with Crippen LogP contribution < -0.4 is 41.9 Å². The number of benzene rings is 1. The number of amides is 2. The number of piperidine rings is 1. The molecule has 9 nitrogen and oxygen atoms in total. The second-order valence-electron chi connectivity index (χ2n) is 9.38. The van der Waals surface area contributed by atoms with Crippen molar-refractivity contribution in [2.24, 2.45) is 5.92 Å². The normalized spacial score (nSPS) is 21.2. The summed E-state index contributed by atoms with van der Waals surface area (Å²) < 4.78 is 20.0.